The molecule has 0 bridgehead atoms. The van der Waals surface area contributed by atoms with E-state index < -0.39 is 0 Å². The number of thiophene rings is 1. The first-order chi connectivity index (χ1) is 15.1. The Balaban J connectivity index is 1.78. The minimum absolute atomic E-state index is 1.05. The Morgan fingerprint density at radius 1 is 0.710 bits per heavy atom. The van der Waals surface area contributed by atoms with Gasteiger partial charge in [0.1, 0.15) is 4.83 Å². The van der Waals surface area contributed by atoms with Crippen molar-refractivity contribution in [2.24, 2.45) is 0 Å². The summed E-state index contributed by atoms with van der Waals surface area (Å²) in [5.74, 6) is 0. The number of aryl methyl sites for hydroxylation is 3. The van der Waals surface area contributed by atoms with Gasteiger partial charge < -0.3 is 4.40 Å². The topological polar surface area (TPSA) is 17.3 Å². The number of rotatable bonds is 1. The summed E-state index contributed by atoms with van der Waals surface area (Å²) in [7, 11) is 0. The summed E-state index contributed by atoms with van der Waals surface area (Å²) in [6.07, 6.45) is 0. The average Bonchev–Trinajstić information content (AvgIpc) is 3.27. The Kier molecular flexibility index (Phi) is 3.25. The van der Waals surface area contributed by atoms with E-state index in [4.69, 9.17) is 4.98 Å². The van der Waals surface area contributed by atoms with E-state index in [-0.39, 0.29) is 0 Å². The van der Waals surface area contributed by atoms with Crippen LogP contribution < -0.4 is 0 Å². The maximum atomic E-state index is 5.16. The van der Waals surface area contributed by atoms with Crippen molar-refractivity contribution in [2.45, 2.75) is 20.8 Å². The predicted molar refractivity (Wildman–Crippen MR) is 134 cm³/mol. The van der Waals surface area contributed by atoms with Crippen LogP contribution in [0.4, 0.5) is 0 Å². The molecule has 7 aromatic rings. The third-order valence-electron chi connectivity index (χ3n) is 6.54. The van der Waals surface area contributed by atoms with Crippen LogP contribution in [0.5, 0.6) is 0 Å². The lowest BCUT2D eigenvalue weighted by Crippen LogP contribution is -1.94. The number of hydrogen-bond acceptors (Lipinski definition) is 2. The van der Waals surface area contributed by atoms with Crippen molar-refractivity contribution in [3.63, 3.8) is 0 Å². The minimum Gasteiger partial charge on any atom is -0.308 e. The molecule has 0 N–H and O–H groups in total. The quantitative estimate of drug-likeness (QED) is 0.248. The predicted octanol–water partition coefficient (Wildman–Crippen LogP) is 8.04. The fourth-order valence-electron chi connectivity index (χ4n) is 5.43. The molecule has 0 aliphatic carbocycles. The highest BCUT2D eigenvalue weighted by Crippen LogP contribution is 2.44. The van der Waals surface area contributed by atoms with Crippen molar-refractivity contribution in [1.82, 2.24) is 9.38 Å². The summed E-state index contributed by atoms with van der Waals surface area (Å²) in [5, 5.41) is 6.60. The lowest BCUT2D eigenvalue weighted by molar-refractivity contribution is 1.32. The summed E-state index contributed by atoms with van der Waals surface area (Å²) >= 11 is 1.81. The molecule has 31 heavy (non-hydrogen) atoms. The first kappa shape index (κ1) is 17.3. The van der Waals surface area contributed by atoms with Gasteiger partial charge in [0.05, 0.1) is 22.2 Å². The van der Waals surface area contributed by atoms with Crippen LogP contribution in [0.15, 0.2) is 66.7 Å². The molecular formula is C28H20N2S. The molecular weight excluding hydrogens is 396 g/mol. The summed E-state index contributed by atoms with van der Waals surface area (Å²) < 4.78 is 2.47. The van der Waals surface area contributed by atoms with Gasteiger partial charge in [0.15, 0.2) is 0 Å². The first-order valence-corrected chi connectivity index (χ1v) is 11.5. The molecule has 0 saturated heterocycles. The Bertz CT molecular complexity index is 1800. The zero-order valence-electron chi connectivity index (χ0n) is 17.7. The van der Waals surface area contributed by atoms with Crippen molar-refractivity contribution in [3.8, 4) is 11.3 Å². The number of pyridine rings is 2. The van der Waals surface area contributed by atoms with Crippen molar-refractivity contribution in [3.05, 3.63) is 82.7 Å². The van der Waals surface area contributed by atoms with Crippen LogP contribution in [-0.2, 0) is 0 Å². The molecule has 4 aromatic heterocycles. The molecule has 0 amide bonds. The summed E-state index contributed by atoms with van der Waals surface area (Å²) in [4.78, 5) is 7.62. The number of fused-ring (bicyclic) bond motifs is 5. The molecule has 0 saturated carbocycles. The third-order valence-corrected chi connectivity index (χ3v) is 7.54. The number of para-hydroxylation sites is 2. The van der Waals surface area contributed by atoms with Crippen molar-refractivity contribution in [1.29, 1.82) is 0 Å². The Morgan fingerprint density at radius 2 is 1.45 bits per heavy atom. The second kappa shape index (κ2) is 5.83. The highest BCUT2D eigenvalue weighted by Gasteiger charge is 2.21. The van der Waals surface area contributed by atoms with Crippen LogP contribution in [0.2, 0.25) is 0 Å². The molecule has 2 nitrogen and oxygen atoms in total. The molecule has 0 atom stereocenters. The second-order valence-electron chi connectivity index (χ2n) is 8.67. The van der Waals surface area contributed by atoms with Crippen molar-refractivity contribution < 1.29 is 0 Å². The Morgan fingerprint density at radius 3 is 2.29 bits per heavy atom. The van der Waals surface area contributed by atoms with E-state index in [0.29, 0.717) is 0 Å². The van der Waals surface area contributed by atoms with E-state index in [1.54, 1.807) is 0 Å². The largest absolute Gasteiger partial charge is 0.308 e. The molecule has 0 spiro atoms. The molecule has 3 heteroatoms. The summed E-state index contributed by atoms with van der Waals surface area (Å²) in [5.41, 5.74) is 8.61. The van der Waals surface area contributed by atoms with Gasteiger partial charge in [0.25, 0.3) is 0 Å². The highest BCUT2D eigenvalue weighted by atomic mass is 32.1. The molecule has 0 fully saturated rings. The van der Waals surface area contributed by atoms with Gasteiger partial charge in [-0.15, -0.1) is 11.3 Å². The van der Waals surface area contributed by atoms with Gasteiger partial charge in [-0.05, 0) is 45.0 Å². The van der Waals surface area contributed by atoms with E-state index >= 15 is 0 Å². The number of hydrogen-bond donors (Lipinski definition) is 0. The molecule has 148 valence electrons. The monoisotopic (exact) mass is 416 g/mol. The average molecular weight is 417 g/mol. The minimum atomic E-state index is 1.05. The van der Waals surface area contributed by atoms with Crippen molar-refractivity contribution in [2.75, 3.05) is 0 Å². The van der Waals surface area contributed by atoms with Gasteiger partial charge in [0.2, 0.25) is 0 Å². The van der Waals surface area contributed by atoms with Gasteiger partial charge >= 0.3 is 0 Å². The van der Waals surface area contributed by atoms with Crippen LogP contribution in [-0.4, -0.2) is 9.38 Å². The normalized spacial score (nSPS) is 12.4. The number of benzene rings is 3. The van der Waals surface area contributed by atoms with Gasteiger partial charge in [-0.25, -0.2) is 4.98 Å². The molecule has 0 radical (unpaired) electrons. The molecule has 0 aliphatic heterocycles. The smallest absolute Gasteiger partial charge is 0.126 e. The molecule has 0 aliphatic rings. The third kappa shape index (κ3) is 2.19. The highest BCUT2D eigenvalue weighted by molar-refractivity contribution is 7.19. The standard InChI is InChI=1S/C28H20N2S/c1-15-11-16(2)13-18(12-15)22-14-24-26-25(17(3)31-28(26)29-22)21-9-6-8-20-19-7-4-5-10-23(19)30(24)27(20)21/h4-14H,1-3H3. The number of nitrogens with zero attached hydrogens (tertiary/aromatic N) is 2. The molecule has 7 rings (SSSR count). The van der Waals surface area contributed by atoms with Gasteiger partial charge in [-0.1, -0.05) is 53.6 Å². The van der Waals surface area contributed by atoms with E-state index in [1.807, 2.05) is 11.3 Å². The van der Waals surface area contributed by atoms with Crippen molar-refractivity contribution >= 4 is 59.6 Å². The molecule has 4 heterocycles. The van der Waals surface area contributed by atoms with Crippen LogP contribution in [0.25, 0.3) is 59.6 Å². The summed E-state index contributed by atoms with van der Waals surface area (Å²) in [6.45, 7) is 6.55. The number of aromatic nitrogens is 2. The SMILES string of the molecule is Cc1cc(C)cc(-c2cc3c4c(n2)sc(C)c4c2cccc4c5ccccc5n3c42)c1. The fourth-order valence-corrected chi connectivity index (χ4v) is 6.49. The van der Waals surface area contributed by atoms with E-state index in [2.05, 4.69) is 91.9 Å². The molecule has 0 unspecified atom stereocenters. The second-order valence-corrected chi connectivity index (χ2v) is 9.87. The van der Waals surface area contributed by atoms with Gasteiger partial charge in [-0.2, -0.15) is 0 Å². The van der Waals surface area contributed by atoms with Crippen LogP contribution >= 0.6 is 11.3 Å². The van der Waals surface area contributed by atoms with E-state index in [9.17, 15) is 0 Å². The lowest BCUT2D eigenvalue weighted by Gasteiger charge is -2.11. The summed E-state index contributed by atoms with van der Waals surface area (Å²) in [6, 6.07) is 24.5. The van der Waals surface area contributed by atoms with Crippen LogP contribution in [0.3, 0.4) is 0 Å². The molecule has 3 aromatic carbocycles. The van der Waals surface area contributed by atoms with Gasteiger partial charge in [0, 0.05) is 37.4 Å². The maximum Gasteiger partial charge on any atom is 0.126 e. The maximum absolute atomic E-state index is 5.16. The fraction of sp³-hybridized carbons (Fsp3) is 0.107. The zero-order chi connectivity index (χ0) is 20.9. The zero-order valence-corrected chi connectivity index (χ0v) is 18.5. The van der Waals surface area contributed by atoms with E-state index in [0.717, 1.165) is 10.5 Å². The Hall–Kier alpha value is -3.43. The lowest BCUT2D eigenvalue weighted by atomic mass is 10.0. The van der Waals surface area contributed by atoms with Gasteiger partial charge in [-0.3, -0.25) is 0 Å². The Labute approximate surface area is 183 Å². The van der Waals surface area contributed by atoms with Crippen LogP contribution in [0.1, 0.15) is 16.0 Å². The first-order valence-electron chi connectivity index (χ1n) is 10.7. The van der Waals surface area contributed by atoms with E-state index in [1.165, 1.54) is 65.0 Å². The van der Waals surface area contributed by atoms with Crippen LogP contribution in [0, 0.1) is 20.8 Å².